The number of hydrogen-bond donors (Lipinski definition) is 0. The second-order valence-corrected chi connectivity index (χ2v) is 11.9. The minimum atomic E-state index is -1.04. The normalized spacial score (nSPS) is 27.9. The van der Waals surface area contributed by atoms with E-state index in [4.69, 9.17) is 4.18 Å². The van der Waals surface area contributed by atoms with Crippen LogP contribution in [0.3, 0.4) is 0 Å². The van der Waals surface area contributed by atoms with E-state index in [2.05, 4.69) is 38.2 Å². The number of rotatable bonds is 3. The van der Waals surface area contributed by atoms with Crippen LogP contribution in [0.2, 0.25) is 0 Å². The van der Waals surface area contributed by atoms with Gasteiger partial charge in [0.25, 0.3) is 0 Å². The summed E-state index contributed by atoms with van der Waals surface area (Å²) in [7, 11) is -1.04. The number of hydrogen-bond acceptors (Lipinski definition) is 3. The molecule has 1 saturated carbocycles. The van der Waals surface area contributed by atoms with Gasteiger partial charge in [0.15, 0.2) is 0 Å². The SMILES string of the molecule is CC(C)(C)S(C)(C)O[C@H]1CCCN(C2CCC(=O)CC2)C1. The molecule has 0 aromatic heterocycles. The summed E-state index contributed by atoms with van der Waals surface area (Å²) in [6.45, 7) is 9.11. The molecule has 0 bridgehead atoms. The van der Waals surface area contributed by atoms with E-state index in [0.29, 0.717) is 17.9 Å². The molecule has 1 atom stereocenters. The molecule has 2 rings (SSSR count). The summed E-state index contributed by atoms with van der Waals surface area (Å²) in [5.41, 5.74) is 0. The molecule has 1 aliphatic carbocycles. The van der Waals surface area contributed by atoms with E-state index in [-0.39, 0.29) is 4.75 Å². The van der Waals surface area contributed by atoms with Crippen LogP contribution in [0.25, 0.3) is 0 Å². The lowest BCUT2D eigenvalue weighted by Gasteiger charge is -2.48. The van der Waals surface area contributed by atoms with E-state index < -0.39 is 10.3 Å². The van der Waals surface area contributed by atoms with Gasteiger partial charge in [0.1, 0.15) is 5.78 Å². The van der Waals surface area contributed by atoms with Crippen molar-refractivity contribution in [1.29, 1.82) is 0 Å². The first-order valence-electron chi connectivity index (χ1n) is 8.36. The summed E-state index contributed by atoms with van der Waals surface area (Å²) in [6, 6.07) is 0.613. The molecule has 0 N–H and O–H groups in total. The standard InChI is InChI=1S/C17H33NO2S/c1-17(2,3)21(4,5)20-16-7-6-12-18(13-16)14-8-10-15(19)11-9-14/h14,16H,6-13H2,1-5H3/t16-/m0/s1. The zero-order valence-corrected chi connectivity index (χ0v) is 15.3. The predicted octanol–water partition coefficient (Wildman–Crippen LogP) is 3.76. The summed E-state index contributed by atoms with van der Waals surface area (Å²) < 4.78 is 6.79. The lowest BCUT2D eigenvalue weighted by molar-refractivity contribution is -0.121. The van der Waals surface area contributed by atoms with Gasteiger partial charge in [0.2, 0.25) is 0 Å². The fourth-order valence-electron chi connectivity index (χ4n) is 3.15. The number of ketones is 1. The van der Waals surface area contributed by atoms with E-state index in [9.17, 15) is 4.79 Å². The van der Waals surface area contributed by atoms with Crippen LogP contribution in [0, 0.1) is 0 Å². The zero-order chi connectivity index (χ0) is 15.7. The number of nitrogens with zero attached hydrogens (tertiary/aromatic N) is 1. The number of carbonyl (C=O) groups excluding carboxylic acids is 1. The van der Waals surface area contributed by atoms with E-state index >= 15 is 0 Å². The van der Waals surface area contributed by atoms with Crippen molar-refractivity contribution >= 4 is 16.1 Å². The third kappa shape index (κ3) is 4.46. The van der Waals surface area contributed by atoms with Gasteiger partial charge in [-0.2, -0.15) is 0 Å². The van der Waals surface area contributed by atoms with Crippen molar-refractivity contribution in [3.63, 3.8) is 0 Å². The third-order valence-electron chi connectivity index (χ3n) is 5.29. The molecule has 0 unspecified atom stereocenters. The quantitative estimate of drug-likeness (QED) is 0.794. The second-order valence-electron chi connectivity index (χ2n) is 7.97. The highest BCUT2D eigenvalue weighted by molar-refractivity contribution is 8.29. The zero-order valence-electron chi connectivity index (χ0n) is 14.5. The molecule has 2 aliphatic rings. The number of Topliss-reactive ketones (excluding diaryl/α,β-unsaturated/α-hetero) is 1. The van der Waals surface area contributed by atoms with Gasteiger partial charge in [-0.05, 0) is 44.7 Å². The molecule has 1 heterocycles. The second kappa shape index (κ2) is 6.59. The van der Waals surface area contributed by atoms with Crippen molar-refractivity contribution in [3.05, 3.63) is 0 Å². The Morgan fingerprint density at radius 2 is 1.76 bits per heavy atom. The topological polar surface area (TPSA) is 29.5 Å². The molecule has 21 heavy (non-hydrogen) atoms. The maximum Gasteiger partial charge on any atom is 0.133 e. The van der Waals surface area contributed by atoms with Gasteiger partial charge in [-0.1, -0.05) is 20.8 Å². The van der Waals surface area contributed by atoms with Crippen molar-refractivity contribution in [2.75, 3.05) is 25.6 Å². The Hall–Kier alpha value is -0.0600. The van der Waals surface area contributed by atoms with E-state index in [1.165, 1.54) is 19.4 Å². The molecule has 3 nitrogen and oxygen atoms in total. The molecule has 0 aromatic carbocycles. The Balaban J connectivity index is 1.90. The Morgan fingerprint density at radius 3 is 2.33 bits per heavy atom. The summed E-state index contributed by atoms with van der Waals surface area (Å²) in [5, 5.41) is 0. The first-order valence-corrected chi connectivity index (χ1v) is 10.7. The maximum absolute atomic E-state index is 11.4. The van der Waals surface area contributed by atoms with Gasteiger partial charge < -0.3 is 4.18 Å². The molecular formula is C17H33NO2S. The highest BCUT2D eigenvalue weighted by atomic mass is 32.3. The summed E-state index contributed by atoms with van der Waals surface area (Å²) in [6.07, 6.45) is 11.1. The van der Waals surface area contributed by atoms with Crippen LogP contribution in [0.15, 0.2) is 0 Å². The van der Waals surface area contributed by atoms with Gasteiger partial charge in [-0.15, -0.1) is 10.3 Å². The van der Waals surface area contributed by atoms with Gasteiger partial charge in [0, 0.05) is 30.2 Å². The lowest BCUT2D eigenvalue weighted by Crippen LogP contribution is -2.47. The number of piperidine rings is 1. The first-order chi connectivity index (χ1) is 9.69. The van der Waals surface area contributed by atoms with Crippen molar-refractivity contribution in [3.8, 4) is 0 Å². The molecule has 1 saturated heterocycles. The lowest BCUT2D eigenvalue weighted by atomic mass is 9.91. The smallest absolute Gasteiger partial charge is 0.133 e. The van der Waals surface area contributed by atoms with Crippen molar-refractivity contribution in [2.24, 2.45) is 0 Å². The average molecular weight is 316 g/mol. The Kier molecular flexibility index (Phi) is 5.43. The van der Waals surface area contributed by atoms with Gasteiger partial charge in [0.05, 0.1) is 6.10 Å². The van der Waals surface area contributed by atoms with Crippen LogP contribution in [0.4, 0.5) is 0 Å². The molecule has 124 valence electrons. The average Bonchev–Trinajstić information content (AvgIpc) is 2.38. The summed E-state index contributed by atoms with van der Waals surface area (Å²) in [5.74, 6) is 0.453. The van der Waals surface area contributed by atoms with Crippen LogP contribution in [-0.4, -0.2) is 53.2 Å². The fraction of sp³-hybridized carbons (Fsp3) is 0.941. The molecule has 1 aliphatic heterocycles. The van der Waals surface area contributed by atoms with E-state index in [0.717, 1.165) is 32.2 Å². The molecule has 0 radical (unpaired) electrons. The van der Waals surface area contributed by atoms with Gasteiger partial charge in [-0.3, -0.25) is 9.69 Å². The molecule has 0 aromatic rings. The fourth-order valence-corrected chi connectivity index (χ4v) is 4.28. The van der Waals surface area contributed by atoms with Crippen LogP contribution < -0.4 is 0 Å². The molecule has 0 amide bonds. The highest BCUT2D eigenvalue weighted by Crippen LogP contribution is 2.55. The van der Waals surface area contributed by atoms with Crippen molar-refractivity contribution < 1.29 is 8.98 Å². The Bertz CT molecular complexity index is 365. The van der Waals surface area contributed by atoms with Crippen molar-refractivity contribution in [2.45, 2.75) is 76.2 Å². The van der Waals surface area contributed by atoms with Crippen LogP contribution in [0.1, 0.15) is 59.3 Å². The molecule has 4 heteroatoms. The van der Waals surface area contributed by atoms with E-state index in [1.54, 1.807) is 0 Å². The van der Waals surface area contributed by atoms with Gasteiger partial charge >= 0.3 is 0 Å². The minimum absolute atomic E-state index is 0.229. The molecular weight excluding hydrogens is 282 g/mol. The monoisotopic (exact) mass is 315 g/mol. The largest absolute Gasteiger partial charge is 0.332 e. The first kappa shape index (κ1) is 17.3. The Morgan fingerprint density at radius 1 is 1.14 bits per heavy atom. The third-order valence-corrected chi connectivity index (χ3v) is 8.99. The van der Waals surface area contributed by atoms with Crippen molar-refractivity contribution in [1.82, 2.24) is 4.90 Å². The summed E-state index contributed by atoms with van der Waals surface area (Å²) in [4.78, 5) is 14.0. The van der Waals surface area contributed by atoms with Crippen LogP contribution in [0.5, 0.6) is 0 Å². The highest BCUT2D eigenvalue weighted by Gasteiger charge is 2.35. The number of carbonyl (C=O) groups is 1. The minimum Gasteiger partial charge on any atom is -0.332 e. The summed E-state index contributed by atoms with van der Waals surface area (Å²) >= 11 is 0. The predicted molar refractivity (Wildman–Crippen MR) is 92.1 cm³/mol. The van der Waals surface area contributed by atoms with Crippen LogP contribution >= 0.6 is 10.3 Å². The van der Waals surface area contributed by atoms with Gasteiger partial charge in [-0.25, -0.2) is 0 Å². The number of likely N-dealkylation sites (tertiary alicyclic amines) is 1. The Labute approximate surface area is 132 Å². The van der Waals surface area contributed by atoms with E-state index in [1.807, 2.05) is 0 Å². The molecule has 0 spiro atoms. The maximum atomic E-state index is 11.4. The van der Waals surface area contributed by atoms with Crippen LogP contribution in [-0.2, 0) is 8.98 Å². The molecule has 2 fully saturated rings.